The summed E-state index contributed by atoms with van der Waals surface area (Å²) < 4.78 is 21.9. The molecule has 0 aromatic heterocycles. The van der Waals surface area contributed by atoms with E-state index in [0.29, 0.717) is 5.75 Å². The molecule has 0 radical (unpaired) electrons. The van der Waals surface area contributed by atoms with Crippen LogP contribution in [0.1, 0.15) is 103 Å². The van der Waals surface area contributed by atoms with Gasteiger partial charge in [-0.25, -0.2) is 4.57 Å². The largest absolute Gasteiger partial charge is 0.527 e. The molecule has 0 aliphatic rings. The molecule has 162 valence electrons. The van der Waals surface area contributed by atoms with Crippen molar-refractivity contribution in [3.63, 3.8) is 0 Å². The van der Waals surface area contributed by atoms with E-state index in [-0.39, 0.29) is 6.61 Å². The molecule has 0 aliphatic heterocycles. The Labute approximate surface area is 172 Å². The number of para-hydroxylation sites is 1. The SMILES string of the molecule is CCCCCCCCCCCCCCCCCOP(=O)(O)Oc1ccccc1. The van der Waals surface area contributed by atoms with E-state index < -0.39 is 7.82 Å². The second-order valence-electron chi connectivity index (χ2n) is 7.66. The zero-order valence-electron chi connectivity index (χ0n) is 17.8. The van der Waals surface area contributed by atoms with Crippen molar-refractivity contribution in [2.24, 2.45) is 0 Å². The minimum atomic E-state index is -4.00. The summed E-state index contributed by atoms with van der Waals surface area (Å²) in [6, 6.07) is 8.61. The molecule has 0 fully saturated rings. The highest BCUT2D eigenvalue weighted by atomic mass is 31.2. The summed E-state index contributed by atoms with van der Waals surface area (Å²) in [5, 5.41) is 0. The van der Waals surface area contributed by atoms with Gasteiger partial charge in [-0.2, -0.15) is 0 Å². The van der Waals surface area contributed by atoms with Crippen LogP contribution in [-0.2, 0) is 9.09 Å². The average molecular weight is 413 g/mol. The summed E-state index contributed by atoms with van der Waals surface area (Å²) in [5.41, 5.74) is 0. The lowest BCUT2D eigenvalue weighted by Gasteiger charge is -2.12. The summed E-state index contributed by atoms with van der Waals surface area (Å²) >= 11 is 0. The van der Waals surface area contributed by atoms with E-state index in [1.165, 1.54) is 77.0 Å². The fraction of sp³-hybridized carbons (Fsp3) is 0.739. The molecular formula is C23H41O4P. The van der Waals surface area contributed by atoms with Crippen LogP contribution in [0.4, 0.5) is 0 Å². The standard InChI is InChI=1S/C23H41O4P/c1-2-3-4-5-6-7-8-9-10-11-12-13-14-15-19-22-26-28(24,25)27-23-20-17-16-18-21-23/h16-18,20-21H,2-15,19,22H2,1H3,(H,24,25). The smallest absolute Gasteiger partial charge is 0.404 e. The molecule has 0 heterocycles. The summed E-state index contributed by atoms with van der Waals surface area (Å²) in [4.78, 5) is 9.69. The zero-order chi connectivity index (χ0) is 20.3. The quantitative estimate of drug-likeness (QED) is 0.184. The van der Waals surface area contributed by atoms with Crippen LogP contribution < -0.4 is 4.52 Å². The molecule has 28 heavy (non-hydrogen) atoms. The molecule has 0 spiro atoms. The maximum Gasteiger partial charge on any atom is 0.527 e. The number of phosphoric ester groups is 1. The van der Waals surface area contributed by atoms with Gasteiger partial charge in [0, 0.05) is 0 Å². The van der Waals surface area contributed by atoms with Crippen molar-refractivity contribution < 1.29 is 18.5 Å². The lowest BCUT2D eigenvalue weighted by molar-refractivity contribution is 0.199. The third kappa shape index (κ3) is 15.1. The van der Waals surface area contributed by atoms with Crippen LogP contribution in [-0.4, -0.2) is 11.5 Å². The molecule has 5 heteroatoms. The maximum atomic E-state index is 11.8. The Kier molecular flexibility index (Phi) is 15.4. The van der Waals surface area contributed by atoms with E-state index in [9.17, 15) is 9.46 Å². The number of hydrogen-bond acceptors (Lipinski definition) is 3. The molecule has 4 nitrogen and oxygen atoms in total. The van der Waals surface area contributed by atoms with Crippen molar-refractivity contribution in [1.29, 1.82) is 0 Å². The Morgan fingerprint density at radius 3 is 1.61 bits per heavy atom. The van der Waals surface area contributed by atoms with Gasteiger partial charge in [-0.1, -0.05) is 115 Å². The first-order valence-corrected chi connectivity index (χ1v) is 12.9. The number of hydrogen-bond donors (Lipinski definition) is 1. The minimum Gasteiger partial charge on any atom is -0.404 e. The van der Waals surface area contributed by atoms with Gasteiger partial charge in [0.25, 0.3) is 0 Å². The van der Waals surface area contributed by atoms with Crippen molar-refractivity contribution in [1.82, 2.24) is 0 Å². The summed E-state index contributed by atoms with van der Waals surface area (Å²) in [6.07, 6.45) is 19.4. The first kappa shape index (κ1) is 25.2. The molecule has 1 rings (SSSR count). The van der Waals surface area contributed by atoms with Crippen molar-refractivity contribution in [2.45, 2.75) is 103 Å². The first-order chi connectivity index (χ1) is 13.6. The Hall–Kier alpha value is -0.830. The lowest BCUT2D eigenvalue weighted by Crippen LogP contribution is -1.99. The van der Waals surface area contributed by atoms with Crippen LogP contribution in [0.15, 0.2) is 30.3 Å². The molecule has 1 unspecified atom stereocenters. The highest BCUT2D eigenvalue weighted by Gasteiger charge is 2.22. The predicted molar refractivity (Wildman–Crippen MR) is 118 cm³/mol. The molecule has 1 aromatic carbocycles. The van der Waals surface area contributed by atoms with Gasteiger partial charge in [0.05, 0.1) is 6.61 Å². The molecule has 1 aromatic rings. The Morgan fingerprint density at radius 1 is 0.714 bits per heavy atom. The van der Waals surface area contributed by atoms with E-state index >= 15 is 0 Å². The highest BCUT2D eigenvalue weighted by Crippen LogP contribution is 2.43. The van der Waals surface area contributed by atoms with Gasteiger partial charge < -0.3 is 4.52 Å². The average Bonchev–Trinajstić information content (AvgIpc) is 2.68. The first-order valence-electron chi connectivity index (χ1n) is 11.4. The van der Waals surface area contributed by atoms with Crippen LogP contribution in [0.3, 0.4) is 0 Å². The van der Waals surface area contributed by atoms with Gasteiger partial charge >= 0.3 is 7.82 Å². The van der Waals surface area contributed by atoms with Gasteiger partial charge in [0.2, 0.25) is 0 Å². The van der Waals surface area contributed by atoms with Gasteiger partial charge in [0.15, 0.2) is 0 Å². The Balaban J connectivity index is 1.83. The second kappa shape index (κ2) is 17.1. The van der Waals surface area contributed by atoms with Crippen LogP contribution in [0.5, 0.6) is 5.75 Å². The summed E-state index contributed by atoms with van der Waals surface area (Å²) in [7, 11) is -4.00. The number of phosphoric acid groups is 1. The van der Waals surface area contributed by atoms with Gasteiger partial charge in [-0.05, 0) is 18.6 Å². The van der Waals surface area contributed by atoms with Crippen molar-refractivity contribution >= 4 is 7.82 Å². The Morgan fingerprint density at radius 2 is 1.14 bits per heavy atom. The molecule has 1 atom stereocenters. The monoisotopic (exact) mass is 412 g/mol. The highest BCUT2D eigenvalue weighted by molar-refractivity contribution is 7.47. The van der Waals surface area contributed by atoms with Crippen LogP contribution in [0.25, 0.3) is 0 Å². The van der Waals surface area contributed by atoms with Gasteiger partial charge in [-0.3, -0.25) is 9.42 Å². The second-order valence-corrected chi connectivity index (χ2v) is 9.03. The van der Waals surface area contributed by atoms with E-state index in [1.807, 2.05) is 6.07 Å². The minimum absolute atomic E-state index is 0.263. The lowest BCUT2D eigenvalue weighted by atomic mass is 10.0. The third-order valence-corrected chi connectivity index (χ3v) is 5.92. The molecule has 1 N–H and O–H groups in total. The molecule has 0 aliphatic carbocycles. The fourth-order valence-corrected chi connectivity index (χ4v) is 4.09. The van der Waals surface area contributed by atoms with Gasteiger partial charge in [-0.15, -0.1) is 0 Å². The maximum absolute atomic E-state index is 11.8. The van der Waals surface area contributed by atoms with Crippen molar-refractivity contribution in [3.05, 3.63) is 30.3 Å². The number of rotatable bonds is 19. The number of unbranched alkanes of at least 4 members (excludes halogenated alkanes) is 14. The van der Waals surface area contributed by atoms with E-state index in [0.717, 1.165) is 19.3 Å². The van der Waals surface area contributed by atoms with Crippen LogP contribution >= 0.6 is 7.82 Å². The van der Waals surface area contributed by atoms with Crippen molar-refractivity contribution in [3.8, 4) is 5.75 Å². The number of benzene rings is 1. The molecule has 0 saturated carbocycles. The molecular weight excluding hydrogens is 371 g/mol. The predicted octanol–water partition coefficient (Wildman–Crippen LogP) is 8.05. The summed E-state index contributed by atoms with van der Waals surface area (Å²) in [6.45, 7) is 2.53. The van der Waals surface area contributed by atoms with E-state index in [2.05, 4.69) is 6.92 Å². The zero-order valence-corrected chi connectivity index (χ0v) is 18.7. The van der Waals surface area contributed by atoms with Crippen LogP contribution in [0.2, 0.25) is 0 Å². The molecule has 0 saturated heterocycles. The molecule has 0 bridgehead atoms. The normalized spacial score (nSPS) is 13.4. The van der Waals surface area contributed by atoms with Gasteiger partial charge in [0.1, 0.15) is 5.75 Å². The molecule has 0 amide bonds. The van der Waals surface area contributed by atoms with Crippen LogP contribution in [0, 0.1) is 0 Å². The topological polar surface area (TPSA) is 55.8 Å². The third-order valence-electron chi connectivity index (χ3n) is 4.97. The van der Waals surface area contributed by atoms with E-state index in [1.54, 1.807) is 24.3 Å². The fourth-order valence-electron chi connectivity index (χ4n) is 3.29. The Bertz CT molecular complexity index is 507. The van der Waals surface area contributed by atoms with E-state index in [4.69, 9.17) is 9.05 Å². The van der Waals surface area contributed by atoms with Crippen molar-refractivity contribution in [2.75, 3.05) is 6.61 Å². The summed E-state index contributed by atoms with van der Waals surface area (Å²) in [5.74, 6) is 0.352.